The molecule has 0 N–H and O–H groups in total. The fourth-order valence-electron chi connectivity index (χ4n) is 1.50. The third kappa shape index (κ3) is 2.10. The van der Waals surface area contributed by atoms with Crippen LogP contribution in [0.1, 0.15) is 20.8 Å². The van der Waals surface area contributed by atoms with Gasteiger partial charge in [0.2, 0.25) is 5.91 Å². The highest BCUT2D eigenvalue weighted by Crippen LogP contribution is 2.24. The van der Waals surface area contributed by atoms with Crippen LogP contribution in [0.5, 0.6) is 0 Å². The van der Waals surface area contributed by atoms with Crippen molar-refractivity contribution in [1.29, 1.82) is 0 Å². The molecule has 0 fully saturated rings. The molecule has 0 radical (unpaired) electrons. The van der Waals surface area contributed by atoms with E-state index in [9.17, 15) is 9.59 Å². The Labute approximate surface area is 84.1 Å². The van der Waals surface area contributed by atoms with E-state index in [1.807, 2.05) is 6.08 Å². The van der Waals surface area contributed by atoms with Crippen LogP contribution in [0.15, 0.2) is 24.0 Å². The lowest BCUT2D eigenvalue weighted by Gasteiger charge is -2.24. The largest absolute Gasteiger partial charge is 0.298 e. The van der Waals surface area contributed by atoms with Gasteiger partial charge in [0, 0.05) is 30.8 Å². The van der Waals surface area contributed by atoms with E-state index in [0.29, 0.717) is 11.5 Å². The molecule has 1 aliphatic heterocycles. The first-order chi connectivity index (χ1) is 6.56. The Hall–Kier alpha value is -1.38. The Kier molecular flexibility index (Phi) is 3.23. The van der Waals surface area contributed by atoms with E-state index >= 15 is 0 Å². The van der Waals surface area contributed by atoms with Crippen LogP contribution in [-0.2, 0) is 9.59 Å². The highest BCUT2D eigenvalue weighted by Gasteiger charge is 2.20. The lowest BCUT2D eigenvalue weighted by molar-refractivity contribution is -0.124. The lowest BCUT2D eigenvalue weighted by atomic mass is 9.88. The van der Waals surface area contributed by atoms with E-state index < -0.39 is 0 Å². The Morgan fingerprint density at radius 3 is 2.64 bits per heavy atom. The first-order valence-electron chi connectivity index (χ1n) is 4.70. The van der Waals surface area contributed by atoms with E-state index in [4.69, 9.17) is 0 Å². The van der Waals surface area contributed by atoms with Crippen molar-refractivity contribution in [2.75, 3.05) is 0 Å². The SMILES string of the molecule is CC(=O)N1C=C[C@@H](C(C)C)C(C=O)=C1. The topological polar surface area (TPSA) is 37.4 Å². The summed E-state index contributed by atoms with van der Waals surface area (Å²) in [6, 6.07) is 0. The maximum atomic E-state index is 11.1. The number of hydrogen-bond acceptors (Lipinski definition) is 2. The van der Waals surface area contributed by atoms with Gasteiger partial charge in [0.15, 0.2) is 0 Å². The van der Waals surface area contributed by atoms with Gasteiger partial charge in [0.1, 0.15) is 6.29 Å². The van der Waals surface area contributed by atoms with Crippen LogP contribution in [0.3, 0.4) is 0 Å². The molecule has 0 saturated heterocycles. The maximum absolute atomic E-state index is 11.1. The van der Waals surface area contributed by atoms with Crippen molar-refractivity contribution in [3.8, 4) is 0 Å². The highest BCUT2D eigenvalue weighted by molar-refractivity contribution is 5.80. The molecule has 0 aromatic heterocycles. The number of aldehydes is 1. The zero-order valence-corrected chi connectivity index (χ0v) is 8.73. The number of carbonyl (C=O) groups excluding carboxylic acids is 2. The second-order valence-electron chi connectivity index (χ2n) is 3.78. The van der Waals surface area contributed by atoms with E-state index in [2.05, 4.69) is 13.8 Å². The summed E-state index contributed by atoms with van der Waals surface area (Å²) in [5.74, 6) is 0.419. The molecule has 0 aromatic rings. The number of carbonyl (C=O) groups is 2. The van der Waals surface area contributed by atoms with Crippen LogP contribution in [0, 0.1) is 11.8 Å². The van der Waals surface area contributed by atoms with Crippen LogP contribution >= 0.6 is 0 Å². The van der Waals surface area contributed by atoms with Crippen molar-refractivity contribution in [2.45, 2.75) is 20.8 Å². The summed E-state index contributed by atoms with van der Waals surface area (Å²) in [6.45, 7) is 5.57. The van der Waals surface area contributed by atoms with Gasteiger partial charge in [-0.05, 0) is 5.92 Å². The predicted octanol–water partition coefficient (Wildman–Crippen LogP) is 1.72. The van der Waals surface area contributed by atoms with Gasteiger partial charge in [0.25, 0.3) is 0 Å². The van der Waals surface area contributed by atoms with Crippen molar-refractivity contribution in [3.05, 3.63) is 24.0 Å². The van der Waals surface area contributed by atoms with Crippen LogP contribution in [0.4, 0.5) is 0 Å². The van der Waals surface area contributed by atoms with E-state index in [1.54, 1.807) is 12.4 Å². The third-order valence-corrected chi connectivity index (χ3v) is 2.34. The second-order valence-corrected chi connectivity index (χ2v) is 3.78. The van der Waals surface area contributed by atoms with Crippen LogP contribution in [0.2, 0.25) is 0 Å². The average Bonchev–Trinajstić information content (AvgIpc) is 2.16. The molecule has 3 heteroatoms. The van der Waals surface area contributed by atoms with Crippen molar-refractivity contribution >= 4 is 12.2 Å². The van der Waals surface area contributed by atoms with Gasteiger partial charge in [0.05, 0.1) is 0 Å². The molecule has 0 unspecified atom stereocenters. The minimum Gasteiger partial charge on any atom is -0.298 e. The Bertz CT molecular complexity index is 302. The molecule has 1 rings (SSSR count). The highest BCUT2D eigenvalue weighted by atomic mass is 16.2. The molecule has 3 nitrogen and oxygen atoms in total. The summed E-state index contributed by atoms with van der Waals surface area (Å²) in [6.07, 6.45) is 6.06. The minimum absolute atomic E-state index is 0.0807. The predicted molar refractivity (Wildman–Crippen MR) is 54.1 cm³/mol. The summed E-state index contributed by atoms with van der Waals surface area (Å²) in [5.41, 5.74) is 0.665. The zero-order valence-electron chi connectivity index (χ0n) is 8.73. The molecule has 1 amide bonds. The molecule has 0 spiro atoms. The molecule has 1 heterocycles. The van der Waals surface area contributed by atoms with Gasteiger partial charge in [-0.3, -0.25) is 14.5 Å². The van der Waals surface area contributed by atoms with Gasteiger partial charge in [-0.25, -0.2) is 0 Å². The van der Waals surface area contributed by atoms with Crippen LogP contribution in [0.25, 0.3) is 0 Å². The van der Waals surface area contributed by atoms with Crippen LogP contribution < -0.4 is 0 Å². The number of allylic oxidation sites excluding steroid dienone is 2. The first kappa shape index (κ1) is 10.7. The molecule has 1 atom stereocenters. The Balaban J connectivity index is 2.91. The molecule has 0 aromatic carbocycles. The fraction of sp³-hybridized carbons (Fsp3) is 0.455. The van der Waals surface area contributed by atoms with Crippen LogP contribution in [-0.4, -0.2) is 17.1 Å². The smallest absolute Gasteiger partial charge is 0.227 e. The summed E-state index contributed by atoms with van der Waals surface area (Å²) >= 11 is 0. The molecule has 76 valence electrons. The zero-order chi connectivity index (χ0) is 10.7. The minimum atomic E-state index is -0.0807. The molecule has 0 bridgehead atoms. The molecule has 1 aliphatic rings. The number of hydrogen-bond donors (Lipinski definition) is 0. The van der Waals surface area contributed by atoms with Crippen molar-refractivity contribution in [1.82, 2.24) is 4.90 Å². The molecule has 0 saturated carbocycles. The third-order valence-electron chi connectivity index (χ3n) is 2.34. The van der Waals surface area contributed by atoms with Crippen molar-refractivity contribution in [3.63, 3.8) is 0 Å². The van der Waals surface area contributed by atoms with Crippen molar-refractivity contribution < 1.29 is 9.59 Å². The van der Waals surface area contributed by atoms with Gasteiger partial charge in [-0.1, -0.05) is 19.9 Å². The quantitative estimate of drug-likeness (QED) is 0.626. The number of amides is 1. The lowest BCUT2D eigenvalue weighted by Crippen LogP contribution is -2.24. The number of nitrogens with zero attached hydrogens (tertiary/aromatic N) is 1. The first-order valence-corrected chi connectivity index (χ1v) is 4.70. The van der Waals surface area contributed by atoms with E-state index in [0.717, 1.165) is 6.29 Å². The molecule has 14 heavy (non-hydrogen) atoms. The van der Waals surface area contributed by atoms with Gasteiger partial charge < -0.3 is 0 Å². The molecule has 0 aliphatic carbocycles. The van der Waals surface area contributed by atoms with Crippen molar-refractivity contribution in [2.24, 2.45) is 11.8 Å². The monoisotopic (exact) mass is 193 g/mol. The molecular weight excluding hydrogens is 178 g/mol. The fourth-order valence-corrected chi connectivity index (χ4v) is 1.50. The Morgan fingerprint density at radius 1 is 1.57 bits per heavy atom. The maximum Gasteiger partial charge on any atom is 0.227 e. The van der Waals surface area contributed by atoms with E-state index in [1.165, 1.54) is 11.8 Å². The molecular formula is C11H15NO2. The summed E-state index contributed by atoms with van der Waals surface area (Å²) < 4.78 is 0. The summed E-state index contributed by atoms with van der Waals surface area (Å²) in [7, 11) is 0. The van der Waals surface area contributed by atoms with Gasteiger partial charge >= 0.3 is 0 Å². The average molecular weight is 193 g/mol. The van der Waals surface area contributed by atoms with Gasteiger partial charge in [-0.15, -0.1) is 0 Å². The second kappa shape index (κ2) is 4.22. The standard InChI is InChI=1S/C11H15NO2/c1-8(2)11-4-5-12(9(3)14)6-10(11)7-13/h4-8,11H,1-3H3/t11-/m0/s1. The van der Waals surface area contributed by atoms with Gasteiger partial charge in [-0.2, -0.15) is 0 Å². The van der Waals surface area contributed by atoms with E-state index in [-0.39, 0.29) is 11.8 Å². The summed E-state index contributed by atoms with van der Waals surface area (Å²) in [4.78, 5) is 23.3. The number of rotatable bonds is 2. The Morgan fingerprint density at radius 2 is 2.21 bits per heavy atom. The normalized spacial score (nSPS) is 21.0. The summed E-state index contributed by atoms with van der Waals surface area (Å²) in [5, 5.41) is 0.